The van der Waals surface area contributed by atoms with Gasteiger partial charge < -0.3 is 10.2 Å². The van der Waals surface area contributed by atoms with E-state index < -0.39 is 0 Å². The number of carbonyl (C=O) groups excluding carboxylic acids is 2. The Balaban J connectivity index is 1.32. The van der Waals surface area contributed by atoms with Crippen LogP contribution in [0.5, 0.6) is 0 Å². The lowest BCUT2D eigenvalue weighted by Crippen LogP contribution is -2.35. The monoisotopic (exact) mass is 363 g/mol. The van der Waals surface area contributed by atoms with Crippen molar-refractivity contribution in [2.45, 2.75) is 38.1 Å². The molecule has 4 rings (SSSR count). The molecule has 2 amide bonds. The number of piperidine rings is 1. The molecule has 2 aliphatic rings. The molecule has 1 N–H and O–H groups in total. The number of rotatable bonds is 5. The molecule has 5 heteroatoms. The normalized spacial score (nSPS) is 21.6. The first kappa shape index (κ1) is 17.7. The molecule has 2 atom stereocenters. The van der Waals surface area contributed by atoms with Crippen molar-refractivity contribution >= 4 is 11.8 Å². The Morgan fingerprint density at radius 3 is 2.74 bits per heavy atom. The van der Waals surface area contributed by atoms with Gasteiger partial charge in [0.1, 0.15) is 0 Å². The number of carbonyl (C=O) groups is 2. The number of nitrogens with one attached hydrogen (secondary N) is 1. The van der Waals surface area contributed by atoms with E-state index in [4.69, 9.17) is 0 Å². The Kier molecular flexibility index (Phi) is 5.19. The summed E-state index contributed by atoms with van der Waals surface area (Å²) in [5.74, 6) is 0.497. The molecule has 2 fully saturated rings. The zero-order chi connectivity index (χ0) is 18.6. The molecule has 140 valence electrons. The molecule has 0 spiro atoms. The van der Waals surface area contributed by atoms with Gasteiger partial charge in [0.15, 0.2) is 0 Å². The summed E-state index contributed by atoms with van der Waals surface area (Å²) in [6.07, 6.45) is 7.84. The Morgan fingerprint density at radius 1 is 1.11 bits per heavy atom. The summed E-state index contributed by atoms with van der Waals surface area (Å²) in [4.78, 5) is 31.1. The smallest absolute Gasteiger partial charge is 0.253 e. The van der Waals surface area contributed by atoms with Gasteiger partial charge in [-0.3, -0.25) is 14.6 Å². The van der Waals surface area contributed by atoms with Crippen molar-refractivity contribution in [3.8, 4) is 0 Å². The van der Waals surface area contributed by atoms with E-state index in [2.05, 4.69) is 10.3 Å². The predicted octanol–water partition coefficient (Wildman–Crippen LogP) is 3.13. The van der Waals surface area contributed by atoms with Gasteiger partial charge in [-0.15, -0.1) is 0 Å². The highest BCUT2D eigenvalue weighted by Gasteiger charge is 2.43. The van der Waals surface area contributed by atoms with E-state index in [-0.39, 0.29) is 23.7 Å². The second-order valence-corrected chi connectivity index (χ2v) is 7.51. The highest BCUT2D eigenvalue weighted by molar-refractivity contribution is 5.94. The molecule has 1 aromatic heterocycles. The summed E-state index contributed by atoms with van der Waals surface area (Å²) >= 11 is 0. The van der Waals surface area contributed by atoms with Crippen LogP contribution >= 0.6 is 0 Å². The lowest BCUT2D eigenvalue weighted by atomic mass is 10.1. The molecule has 2 heterocycles. The standard InChI is InChI=1S/C22H25N3O2/c26-21(20-13-19(20)18-8-5-9-23-15-18)24-14-16-6-4-7-17(12-16)22(27)25-10-2-1-3-11-25/h4-9,12,15,19-20H,1-3,10-11,13-14H2,(H,24,26)/t19-,20-/m1/s1. The zero-order valence-corrected chi connectivity index (χ0v) is 15.4. The number of hydrogen-bond acceptors (Lipinski definition) is 3. The van der Waals surface area contributed by atoms with Gasteiger partial charge in [0, 0.05) is 43.5 Å². The molecule has 1 aliphatic heterocycles. The van der Waals surface area contributed by atoms with E-state index in [9.17, 15) is 9.59 Å². The fourth-order valence-corrected chi connectivity index (χ4v) is 3.86. The molecule has 27 heavy (non-hydrogen) atoms. The predicted molar refractivity (Wildman–Crippen MR) is 103 cm³/mol. The fraction of sp³-hybridized carbons (Fsp3) is 0.409. The van der Waals surface area contributed by atoms with Crippen molar-refractivity contribution < 1.29 is 9.59 Å². The summed E-state index contributed by atoms with van der Waals surface area (Å²) in [7, 11) is 0. The van der Waals surface area contributed by atoms with Gasteiger partial charge in [0.25, 0.3) is 5.91 Å². The molecular formula is C22H25N3O2. The SMILES string of the molecule is O=C(NCc1cccc(C(=O)N2CCCCC2)c1)[C@@H]1C[C@@H]1c1cccnc1. The second-order valence-electron chi connectivity index (χ2n) is 7.51. The molecule has 1 aliphatic carbocycles. The number of pyridine rings is 1. The van der Waals surface area contributed by atoms with Crippen molar-refractivity contribution in [2.24, 2.45) is 5.92 Å². The first-order valence-electron chi connectivity index (χ1n) is 9.78. The van der Waals surface area contributed by atoms with Gasteiger partial charge >= 0.3 is 0 Å². The fourth-order valence-electron chi connectivity index (χ4n) is 3.86. The van der Waals surface area contributed by atoms with E-state index in [1.807, 2.05) is 47.5 Å². The van der Waals surface area contributed by atoms with Crippen molar-refractivity contribution in [1.82, 2.24) is 15.2 Å². The van der Waals surface area contributed by atoms with E-state index in [1.54, 1.807) is 6.20 Å². The van der Waals surface area contributed by atoms with Crippen molar-refractivity contribution in [1.29, 1.82) is 0 Å². The van der Waals surface area contributed by atoms with Crippen LogP contribution in [0.3, 0.4) is 0 Å². The lowest BCUT2D eigenvalue weighted by molar-refractivity contribution is -0.122. The molecule has 1 saturated heterocycles. The lowest BCUT2D eigenvalue weighted by Gasteiger charge is -2.26. The number of benzene rings is 1. The molecule has 0 bridgehead atoms. The minimum Gasteiger partial charge on any atom is -0.352 e. The van der Waals surface area contributed by atoms with Crippen molar-refractivity contribution in [3.63, 3.8) is 0 Å². The van der Waals surface area contributed by atoms with Crippen LogP contribution in [0.4, 0.5) is 0 Å². The van der Waals surface area contributed by atoms with Crippen LogP contribution in [0, 0.1) is 5.92 Å². The van der Waals surface area contributed by atoms with Crippen LogP contribution in [0.1, 0.15) is 53.1 Å². The first-order valence-corrected chi connectivity index (χ1v) is 9.78. The maximum Gasteiger partial charge on any atom is 0.253 e. The largest absolute Gasteiger partial charge is 0.352 e. The third-order valence-corrected chi connectivity index (χ3v) is 5.52. The highest BCUT2D eigenvalue weighted by Crippen LogP contribution is 2.47. The molecule has 1 aromatic carbocycles. The Hall–Kier alpha value is -2.69. The summed E-state index contributed by atoms with van der Waals surface area (Å²) in [6.45, 7) is 2.14. The summed E-state index contributed by atoms with van der Waals surface area (Å²) in [6, 6.07) is 11.6. The minimum atomic E-state index is 0.0346. The number of nitrogens with zero attached hydrogens (tertiary/aromatic N) is 2. The van der Waals surface area contributed by atoms with Gasteiger partial charge in [0.05, 0.1) is 0 Å². The Morgan fingerprint density at radius 2 is 1.96 bits per heavy atom. The van der Waals surface area contributed by atoms with Gasteiger partial charge in [-0.1, -0.05) is 18.2 Å². The molecule has 5 nitrogen and oxygen atoms in total. The number of aromatic nitrogens is 1. The number of likely N-dealkylation sites (tertiary alicyclic amines) is 1. The summed E-state index contributed by atoms with van der Waals surface area (Å²) in [5, 5.41) is 3.02. The first-order chi connectivity index (χ1) is 13.2. The highest BCUT2D eigenvalue weighted by atomic mass is 16.2. The van der Waals surface area contributed by atoms with Crippen LogP contribution in [-0.2, 0) is 11.3 Å². The second kappa shape index (κ2) is 7.91. The van der Waals surface area contributed by atoms with Crippen LogP contribution in [0.2, 0.25) is 0 Å². The molecule has 0 radical (unpaired) electrons. The van der Waals surface area contributed by atoms with E-state index >= 15 is 0 Å². The van der Waals surface area contributed by atoms with Crippen LogP contribution in [0.15, 0.2) is 48.8 Å². The van der Waals surface area contributed by atoms with Crippen LogP contribution in [-0.4, -0.2) is 34.8 Å². The van der Waals surface area contributed by atoms with Gasteiger partial charge in [-0.25, -0.2) is 0 Å². The van der Waals surface area contributed by atoms with Crippen LogP contribution < -0.4 is 5.32 Å². The maximum atomic E-state index is 12.6. The van der Waals surface area contributed by atoms with E-state index in [0.29, 0.717) is 12.1 Å². The van der Waals surface area contributed by atoms with Crippen molar-refractivity contribution in [2.75, 3.05) is 13.1 Å². The maximum absolute atomic E-state index is 12.6. The molecule has 1 saturated carbocycles. The number of hydrogen-bond donors (Lipinski definition) is 1. The van der Waals surface area contributed by atoms with Crippen LogP contribution in [0.25, 0.3) is 0 Å². The quantitative estimate of drug-likeness (QED) is 0.888. The van der Waals surface area contributed by atoms with Gasteiger partial charge in [0.2, 0.25) is 5.91 Å². The summed E-state index contributed by atoms with van der Waals surface area (Å²) in [5.41, 5.74) is 2.81. The minimum absolute atomic E-state index is 0.0346. The third kappa shape index (κ3) is 4.18. The van der Waals surface area contributed by atoms with Gasteiger partial charge in [-0.2, -0.15) is 0 Å². The zero-order valence-electron chi connectivity index (χ0n) is 15.4. The summed E-state index contributed by atoms with van der Waals surface area (Å²) < 4.78 is 0. The van der Waals surface area contributed by atoms with E-state index in [1.165, 1.54) is 6.42 Å². The van der Waals surface area contributed by atoms with Gasteiger partial charge in [-0.05, 0) is 60.9 Å². The average molecular weight is 363 g/mol. The Labute approximate surface area is 159 Å². The third-order valence-electron chi connectivity index (χ3n) is 5.52. The number of amides is 2. The molecular weight excluding hydrogens is 338 g/mol. The average Bonchev–Trinajstić information content (AvgIpc) is 3.54. The van der Waals surface area contributed by atoms with Crippen molar-refractivity contribution in [3.05, 3.63) is 65.5 Å². The van der Waals surface area contributed by atoms with E-state index in [0.717, 1.165) is 43.5 Å². The molecule has 2 aromatic rings. The molecule has 0 unspecified atom stereocenters. The Bertz CT molecular complexity index is 815. The topological polar surface area (TPSA) is 62.3 Å².